The SMILES string of the molecule is C=C/C=C(\C=C)NC1CC2(C=C(C#N)C(=O)C(C)(C)C2)C1. The Morgan fingerprint density at radius 3 is 2.67 bits per heavy atom. The summed E-state index contributed by atoms with van der Waals surface area (Å²) in [5.41, 5.74) is 0.833. The van der Waals surface area contributed by atoms with Crippen molar-refractivity contribution < 1.29 is 4.79 Å². The van der Waals surface area contributed by atoms with Crippen LogP contribution < -0.4 is 5.32 Å². The molecule has 0 aliphatic heterocycles. The van der Waals surface area contributed by atoms with Crippen molar-refractivity contribution in [1.82, 2.24) is 5.32 Å². The first kappa shape index (κ1) is 15.3. The number of nitrogens with one attached hydrogen (secondary N) is 1. The van der Waals surface area contributed by atoms with E-state index in [0.717, 1.165) is 25.0 Å². The summed E-state index contributed by atoms with van der Waals surface area (Å²) in [5, 5.41) is 12.6. The molecule has 0 saturated heterocycles. The third-order valence-electron chi connectivity index (χ3n) is 4.42. The van der Waals surface area contributed by atoms with Gasteiger partial charge in [-0.05, 0) is 36.8 Å². The van der Waals surface area contributed by atoms with Crippen molar-refractivity contribution >= 4 is 5.78 Å². The number of rotatable bonds is 4. The van der Waals surface area contributed by atoms with Gasteiger partial charge in [-0.3, -0.25) is 4.79 Å². The Balaban J connectivity index is 2.11. The van der Waals surface area contributed by atoms with E-state index >= 15 is 0 Å². The first-order valence-corrected chi connectivity index (χ1v) is 7.25. The van der Waals surface area contributed by atoms with Gasteiger partial charge in [-0.2, -0.15) is 5.26 Å². The number of hydrogen-bond donors (Lipinski definition) is 1. The number of nitriles is 1. The summed E-state index contributed by atoms with van der Waals surface area (Å²) in [4.78, 5) is 12.2. The molecule has 3 nitrogen and oxygen atoms in total. The van der Waals surface area contributed by atoms with Crippen molar-refractivity contribution in [2.45, 2.75) is 39.2 Å². The van der Waals surface area contributed by atoms with Crippen LogP contribution in [-0.4, -0.2) is 11.8 Å². The Bertz CT molecular complexity index is 581. The lowest BCUT2D eigenvalue weighted by Gasteiger charge is -2.52. The van der Waals surface area contributed by atoms with Crippen LogP contribution in [0.25, 0.3) is 0 Å². The zero-order valence-corrected chi connectivity index (χ0v) is 12.8. The van der Waals surface area contributed by atoms with Gasteiger partial charge in [0.2, 0.25) is 0 Å². The molecule has 2 aliphatic rings. The Hall–Kier alpha value is -2.08. The molecule has 0 unspecified atom stereocenters. The molecule has 0 heterocycles. The van der Waals surface area contributed by atoms with Crippen LogP contribution in [0.5, 0.6) is 0 Å². The highest BCUT2D eigenvalue weighted by Crippen LogP contribution is 2.54. The number of nitrogens with zero attached hydrogens (tertiary/aromatic N) is 1. The van der Waals surface area contributed by atoms with Crippen LogP contribution in [0.2, 0.25) is 0 Å². The molecule has 1 spiro atoms. The largest absolute Gasteiger partial charge is 0.382 e. The van der Waals surface area contributed by atoms with Crippen molar-refractivity contribution in [3.63, 3.8) is 0 Å². The van der Waals surface area contributed by atoms with Gasteiger partial charge in [0.25, 0.3) is 0 Å². The van der Waals surface area contributed by atoms with E-state index in [1.165, 1.54) is 0 Å². The molecule has 0 aromatic carbocycles. The van der Waals surface area contributed by atoms with Crippen LogP contribution in [0.4, 0.5) is 0 Å². The molecular formula is C18H22N2O. The number of allylic oxidation sites excluding steroid dienone is 5. The maximum absolute atomic E-state index is 12.2. The molecule has 1 fully saturated rings. The van der Waals surface area contributed by atoms with E-state index in [4.69, 9.17) is 0 Å². The van der Waals surface area contributed by atoms with E-state index in [9.17, 15) is 10.1 Å². The average molecular weight is 282 g/mol. The predicted octanol–water partition coefficient (Wildman–Crippen LogP) is 3.43. The monoisotopic (exact) mass is 282 g/mol. The predicted molar refractivity (Wildman–Crippen MR) is 84.2 cm³/mol. The van der Waals surface area contributed by atoms with Gasteiger partial charge in [0.05, 0.1) is 5.57 Å². The van der Waals surface area contributed by atoms with Crippen LogP contribution in [-0.2, 0) is 4.79 Å². The third-order valence-corrected chi connectivity index (χ3v) is 4.42. The number of ketones is 1. The molecule has 0 radical (unpaired) electrons. The molecule has 3 heteroatoms. The minimum absolute atomic E-state index is 0.0133. The number of carbonyl (C=O) groups excluding carboxylic acids is 1. The molecule has 110 valence electrons. The van der Waals surface area contributed by atoms with Gasteiger partial charge in [0.15, 0.2) is 5.78 Å². The van der Waals surface area contributed by atoms with Gasteiger partial charge in [0, 0.05) is 17.2 Å². The lowest BCUT2D eigenvalue weighted by atomic mass is 9.54. The lowest BCUT2D eigenvalue weighted by molar-refractivity contribution is -0.126. The van der Waals surface area contributed by atoms with Crippen molar-refractivity contribution in [3.8, 4) is 6.07 Å². The summed E-state index contributed by atoms with van der Waals surface area (Å²) in [6, 6.07) is 2.43. The van der Waals surface area contributed by atoms with Gasteiger partial charge in [-0.1, -0.05) is 39.2 Å². The van der Waals surface area contributed by atoms with Crippen LogP contribution in [0.3, 0.4) is 0 Å². The number of carbonyl (C=O) groups is 1. The minimum Gasteiger partial charge on any atom is -0.382 e. The minimum atomic E-state index is -0.441. The normalized spacial score (nSPS) is 30.9. The highest BCUT2D eigenvalue weighted by molar-refractivity contribution is 6.03. The fourth-order valence-corrected chi connectivity index (χ4v) is 3.65. The summed E-state index contributed by atoms with van der Waals surface area (Å²) in [5.74, 6) is -0.0228. The number of Topliss-reactive ketones (excluding diaryl/α,β-unsaturated/α-hetero) is 1. The summed E-state index contributed by atoms with van der Waals surface area (Å²) in [6.45, 7) is 11.3. The maximum Gasteiger partial charge on any atom is 0.178 e. The topological polar surface area (TPSA) is 52.9 Å². The summed E-state index contributed by atoms with van der Waals surface area (Å²) in [6.07, 6.45) is 10.0. The van der Waals surface area contributed by atoms with Crippen molar-refractivity contribution in [1.29, 1.82) is 5.26 Å². The Morgan fingerprint density at radius 2 is 2.14 bits per heavy atom. The lowest BCUT2D eigenvalue weighted by Crippen LogP contribution is -2.52. The average Bonchev–Trinajstić information content (AvgIpc) is 2.39. The zero-order valence-electron chi connectivity index (χ0n) is 12.8. The van der Waals surface area contributed by atoms with Crippen LogP contribution >= 0.6 is 0 Å². The molecule has 0 aromatic heterocycles. The van der Waals surface area contributed by atoms with Gasteiger partial charge in [-0.25, -0.2) is 0 Å². The Morgan fingerprint density at radius 1 is 1.48 bits per heavy atom. The summed E-state index contributed by atoms with van der Waals surface area (Å²) < 4.78 is 0. The summed E-state index contributed by atoms with van der Waals surface area (Å²) >= 11 is 0. The van der Waals surface area contributed by atoms with E-state index in [1.807, 2.05) is 26.0 Å². The fraction of sp³-hybridized carbons (Fsp3) is 0.444. The molecule has 0 amide bonds. The van der Waals surface area contributed by atoms with Gasteiger partial charge in [0.1, 0.15) is 6.07 Å². The van der Waals surface area contributed by atoms with Crippen LogP contribution in [0.1, 0.15) is 33.1 Å². The highest BCUT2D eigenvalue weighted by atomic mass is 16.1. The van der Waals surface area contributed by atoms with Crippen LogP contribution in [0, 0.1) is 22.2 Å². The first-order chi connectivity index (χ1) is 9.85. The quantitative estimate of drug-likeness (QED) is 0.804. The van der Waals surface area contributed by atoms with Crippen molar-refractivity contribution in [2.24, 2.45) is 10.8 Å². The smallest absolute Gasteiger partial charge is 0.178 e. The van der Waals surface area contributed by atoms with Gasteiger partial charge in [-0.15, -0.1) is 0 Å². The molecule has 2 aliphatic carbocycles. The maximum atomic E-state index is 12.2. The van der Waals surface area contributed by atoms with Crippen LogP contribution in [0.15, 0.2) is 48.7 Å². The molecule has 0 bridgehead atoms. The van der Waals surface area contributed by atoms with Crippen molar-refractivity contribution in [3.05, 3.63) is 48.7 Å². The van der Waals surface area contributed by atoms with Gasteiger partial charge >= 0.3 is 0 Å². The van der Waals surface area contributed by atoms with E-state index in [1.54, 1.807) is 12.2 Å². The zero-order chi connectivity index (χ0) is 15.7. The first-order valence-electron chi connectivity index (χ1n) is 7.25. The van der Waals surface area contributed by atoms with E-state index in [0.29, 0.717) is 11.6 Å². The molecular weight excluding hydrogens is 260 g/mol. The van der Waals surface area contributed by atoms with Gasteiger partial charge < -0.3 is 5.32 Å². The molecule has 0 atom stereocenters. The molecule has 0 aromatic rings. The van der Waals surface area contributed by atoms with E-state index in [-0.39, 0.29) is 11.2 Å². The number of hydrogen-bond acceptors (Lipinski definition) is 3. The standard InChI is InChI=1S/C18H22N2O/c1-5-7-14(6-2)20-15-9-18(10-15)8-13(11-19)16(21)17(3,4)12-18/h5-8,15,20H,1-2,9-10,12H2,3-4H3/b14-7+. The molecule has 21 heavy (non-hydrogen) atoms. The van der Waals surface area contributed by atoms with E-state index < -0.39 is 5.41 Å². The molecule has 1 saturated carbocycles. The second kappa shape index (κ2) is 5.37. The van der Waals surface area contributed by atoms with E-state index in [2.05, 4.69) is 24.5 Å². The fourth-order valence-electron chi connectivity index (χ4n) is 3.65. The Kier molecular flexibility index (Phi) is 3.91. The highest BCUT2D eigenvalue weighted by Gasteiger charge is 2.51. The third kappa shape index (κ3) is 2.85. The second-order valence-corrected chi connectivity index (χ2v) is 6.73. The molecule has 1 N–H and O–H groups in total. The summed E-state index contributed by atoms with van der Waals surface area (Å²) in [7, 11) is 0. The molecule has 2 rings (SSSR count). The Labute approximate surface area is 126 Å². The second-order valence-electron chi connectivity index (χ2n) is 6.73. The van der Waals surface area contributed by atoms with Crippen molar-refractivity contribution in [2.75, 3.05) is 0 Å².